The molecule has 3 rings (SSSR count). The fourth-order valence-corrected chi connectivity index (χ4v) is 2.11. The van der Waals surface area contributed by atoms with Gasteiger partial charge < -0.3 is 10.5 Å². The van der Waals surface area contributed by atoms with Gasteiger partial charge in [-0.3, -0.25) is 4.98 Å². The average Bonchev–Trinajstić information content (AvgIpc) is 2.46. The van der Waals surface area contributed by atoms with Crippen molar-refractivity contribution in [3.63, 3.8) is 0 Å². The number of anilines is 1. The largest absolute Gasteiger partial charge is 0.487 e. The fourth-order valence-electron chi connectivity index (χ4n) is 2.11. The summed E-state index contributed by atoms with van der Waals surface area (Å²) in [6.45, 7) is 0.222. The summed E-state index contributed by atoms with van der Waals surface area (Å²) < 4.78 is 19.2. The predicted molar refractivity (Wildman–Crippen MR) is 76.9 cm³/mol. The van der Waals surface area contributed by atoms with Crippen LogP contribution in [0.4, 0.5) is 10.1 Å². The number of nitrogens with two attached hydrogens (primary N) is 1. The molecule has 0 fully saturated rings. The van der Waals surface area contributed by atoms with Crippen molar-refractivity contribution < 1.29 is 9.13 Å². The second kappa shape index (κ2) is 5.17. The molecule has 3 nitrogen and oxygen atoms in total. The molecule has 2 aromatic carbocycles. The van der Waals surface area contributed by atoms with Gasteiger partial charge >= 0.3 is 0 Å². The van der Waals surface area contributed by atoms with E-state index in [2.05, 4.69) is 4.98 Å². The molecule has 3 aromatic rings. The van der Waals surface area contributed by atoms with Gasteiger partial charge in [0.05, 0.1) is 11.2 Å². The van der Waals surface area contributed by atoms with Gasteiger partial charge in [0, 0.05) is 17.1 Å². The van der Waals surface area contributed by atoms with Crippen LogP contribution in [0.25, 0.3) is 10.9 Å². The van der Waals surface area contributed by atoms with Crippen LogP contribution in [0, 0.1) is 5.82 Å². The summed E-state index contributed by atoms with van der Waals surface area (Å²) in [5, 5.41) is 0.757. The fraction of sp³-hybridized carbons (Fsp3) is 0.0625. The van der Waals surface area contributed by atoms with E-state index in [9.17, 15) is 4.39 Å². The maximum Gasteiger partial charge on any atom is 0.142 e. The highest BCUT2D eigenvalue weighted by Crippen LogP contribution is 2.24. The monoisotopic (exact) mass is 268 g/mol. The van der Waals surface area contributed by atoms with Gasteiger partial charge in [-0.1, -0.05) is 18.2 Å². The minimum absolute atomic E-state index is 0.222. The van der Waals surface area contributed by atoms with Crippen molar-refractivity contribution >= 4 is 16.6 Å². The predicted octanol–water partition coefficient (Wildman–Crippen LogP) is 3.54. The minimum Gasteiger partial charge on any atom is -0.487 e. The number of pyridine rings is 1. The zero-order valence-electron chi connectivity index (χ0n) is 10.7. The first-order chi connectivity index (χ1) is 9.74. The molecule has 0 saturated heterocycles. The standard InChI is InChI=1S/C16H13FN2O/c17-13-8-11-4-3-7-19-16(11)12(9-13)10-20-15-6-2-1-5-14(15)18/h1-9H,10,18H2. The Morgan fingerprint density at radius 1 is 1.10 bits per heavy atom. The Balaban J connectivity index is 1.93. The minimum atomic E-state index is -0.301. The summed E-state index contributed by atoms with van der Waals surface area (Å²) in [5.74, 6) is 0.283. The smallest absolute Gasteiger partial charge is 0.142 e. The van der Waals surface area contributed by atoms with Gasteiger partial charge in [-0.2, -0.15) is 0 Å². The number of benzene rings is 2. The Morgan fingerprint density at radius 2 is 1.95 bits per heavy atom. The van der Waals surface area contributed by atoms with Crippen molar-refractivity contribution in [2.24, 2.45) is 0 Å². The van der Waals surface area contributed by atoms with Crippen LogP contribution in [0.2, 0.25) is 0 Å². The number of rotatable bonds is 3. The first kappa shape index (κ1) is 12.4. The third-order valence-corrected chi connectivity index (χ3v) is 3.05. The van der Waals surface area contributed by atoms with Crippen LogP contribution in [0.1, 0.15) is 5.56 Å². The highest BCUT2D eigenvalue weighted by Gasteiger charge is 2.07. The highest BCUT2D eigenvalue weighted by molar-refractivity contribution is 5.81. The number of para-hydroxylation sites is 2. The van der Waals surface area contributed by atoms with Gasteiger partial charge in [-0.15, -0.1) is 0 Å². The number of nitrogen functional groups attached to an aromatic ring is 1. The molecule has 20 heavy (non-hydrogen) atoms. The van der Waals surface area contributed by atoms with Crippen molar-refractivity contribution in [2.45, 2.75) is 6.61 Å². The number of ether oxygens (including phenoxy) is 1. The summed E-state index contributed by atoms with van der Waals surface area (Å²) in [6.07, 6.45) is 1.68. The molecule has 0 amide bonds. The molecule has 0 aliphatic heterocycles. The molecule has 0 atom stereocenters. The van der Waals surface area contributed by atoms with E-state index in [0.717, 1.165) is 10.9 Å². The average molecular weight is 268 g/mol. The van der Waals surface area contributed by atoms with Gasteiger partial charge in [0.15, 0.2) is 0 Å². The molecular formula is C16H13FN2O. The normalized spacial score (nSPS) is 10.7. The molecular weight excluding hydrogens is 255 g/mol. The number of fused-ring (bicyclic) bond motifs is 1. The number of hydrogen-bond donors (Lipinski definition) is 1. The Bertz CT molecular complexity index is 758. The lowest BCUT2D eigenvalue weighted by Crippen LogP contribution is -2.00. The van der Waals surface area contributed by atoms with Crippen LogP contribution in [-0.4, -0.2) is 4.98 Å². The van der Waals surface area contributed by atoms with Crippen LogP contribution >= 0.6 is 0 Å². The van der Waals surface area contributed by atoms with Crippen molar-refractivity contribution in [2.75, 3.05) is 5.73 Å². The topological polar surface area (TPSA) is 48.1 Å². The molecule has 4 heteroatoms. The molecule has 0 aliphatic carbocycles. The van der Waals surface area contributed by atoms with Crippen LogP contribution < -0.4 is 10.5 Å². The quantitative estimate of drug-likeness (QED) is 0.739. The number of aromatic nitrogens is 1. The molecule has 0 radical (unpaired) electrons. The third kappa shape index (κ3) is 2.40. The van der Waals surface area contributed by atoms with E-state index in [1.165, 1.54) is 12.1 Å². The summed E-state index contributed by atoms with van der Waals surface area (Å²) >= 11 is 0. The zero-order valence-corrected chi connectivity index (χ0v) is 10.7. The molecule has 1 heterocycles. The second-order valence-electron chi connectivity index (χ2n) is 4.47. The summed E-state index contributed by atoms with van der Waals surface area (Å²) in [7, 11) is 0. The SMILES string of the molecule is Nc1ccccc1OCc1cc(F)cc2cccnc12. The molecule has 2 N–H and O–H groups in total. The lowest BCUT2D eigenvalue weighted by atomic mass is 10.1. The molecule has 0 bridgehead atoms. The van der Waals surface area contributed by atoms with E-state index in [4.69, 9.17) is 10.5 Å². The van der Waals surface area contributed by atoms with Gasteiger partial charge in [0.2, 0.25) is 0 Å². The lowest BCUT2D eigenvalue weighted by Gasteiger charge is -2.10. The van der Waals surface area contributed by atoms with Crippen LogP contribution in [0.5, 0.6) is 5.75 Å². The second-order valence-corrected chi connectivity index (χ2v) is 4.47. The molecule has 100 valence electrons. The Kier molecular flexibility index (Phi) is 3.21. The van der Waals surface area contributed by atoms with Crippen molar-refractivity contribution in [1.29, 1.82) is 0 Å². The summed E-state index contributed by atoms with van der Waals surface area (Å²) in [4.78, 5) is 4.28. The van der Waals surface area contributed by atoms with E-state index in [0.29, 0.717) is 17.0 Å². The number of halogens is 1. The van der Waals surface area contributed by atoms with E-state index in [1.807, 2.05) is 18.2 Å². The first-order valence-corrected chi connectivity index (χ1v) is 6.24. The van der Waals surface area contributed by atoms with Crippen molar-refractivity contribution in [3.05, 3.63) is 66.1 Å². The summed E-state index contributed by atoms with van der Waals surface area (Å²) in [5.41, 5.74) is 7.81. The Hall–Kier alpha value is -2.62. The maximum atomic E-state index is 13.6. The van der Waals surface area contributed by atoms with Crippen LogP contribution in [-0.2, 0) is 6.61 Å². The molecule has 0 spiro atoms. The third-order valence-electron chi connectivity index (χ3n) is 3.05. The van der Waals surface area contributed by atoms with Crippen molar-refractivity contribution in [1.82, 2.24) is 4.98 Å². The van der Waals surface area contributed by atoms with Gasteiger partial charge in [-0.05, 0) is 30.3 Å². The van der Waals surface area contributed by atoms with E-state index >= 15 is 0 Å². The summed E-state index contributed by atoms with van der Waals surface area (Å²) in [6, 6.07) is 13.7. The number of nitrogens with zero attached hydrogens (tertiary/aromatic N) is 1. The molecule has 0 unspecified atom stereocenters. The Labute approximate surface area is 115 Å². The van der Waals surface area contributed by atoms with E-state index in [1.54, 1.807) is 24.4 Å². The van der Waals surface area contributed by atoms with Crippen molar-refractivity contribution in [3.8, 4) is 5.75 Å². The maximum absolute atomic E-state index is 13.6. The zero-order chi connectivity index (χ0) is 13.9. The Morgan fingerprint density at radius 3 is 2.80 bits per heavy atom. The molecule has 0 aliphatic rings. The van der Waals surface area contributed by atoms with Gasteiger partial charge in [-0.25, -0.2) is 4.39 Å². The van der Waals surface area contributed by atoms with Gasteiger partial charge in [0.1, 0.15) is 18.2 Å². The molecule has 0 saturated carbocycles. The van der Waals surface area contributed by atoms with Gasteiger partial charge in [0.25, 0.3) is 0 Å². The number of hydrogen-bond acceptors (Lipinski definition) is 3. The van der Waals surface area contributed by atoms with E-state index in [-0.39, 0.29) is 12.4 Å². The molecule has 1 aromatic heterocycles. The lowest BCUT2D eigenvalue weighted by molar-refractivity contribution is 0.308. The van der Waals surface area contributed by atoms with Crippen LogP contribution in [0.15, 0.2) is 54.7 Å². The van der Waals surface area contributed by atoms with E-state index < -0.39 is 0 Å². The highest BCUT2D eigenvalue weighted by atomic mass is 19.1. The van der Waals surface area contributed by atoms with Crippen LogP contribution in [0.3, 0.4) is 0 Å². The first-order valence-electron chi connectivity index (χ1n) is 6.24.